The molecule has 24 heavy (non-hydrogen) atoms. The summed E-state index contributed by atoms with van der Waals surface area (Å²) in [5.74, 6) is -0.470. The van der Waals surface area contributed by atoms with Crippen LogP contribution in [0.1, 0.15) is 40.0 Å². The molecule has 2 amide bonds. The van der Waals surface area contributed by atoms with Crippen LogP contribution in [-0.2, 0) is 0 Å². The average molecular weight is 323 g/mol. The summed E-state index contributed by atoms with van der Waals surface area (Å²) < 4.78 is 0. The molecule has 0 spiro atoms. The van der Waals surface area contributed by atoms with Crippen molar-refractivity contribution < 1.29 is 9.59 Å². The first-order valence-electron chi connectivity index (χ1n) is 8.58. The number of imide groups is 1. The van der Waals surface area contributed by atoms with E-state index in [9.17, 15) is 9.59 Å². The molecule has 4 rings (SSSR count). The topological polar surface area (TPSA) is 66.6 Å². The molecule has 2 aliphatic heterocycles. The molecule has 2 aliphatic rings. The Hall–Kier alpha value is -2.40. The average Bonchev–Trinajstić information content (AvgIpc) is 2.63. The number of amides is 2. The van der Waals surface area contributed by atoms with Gasteiger partial charge in [-0.15, -0.1) is 0 Å². The van der Waals surface area contributed by atoms with Crippen molar-refractivity contribution in [2.24, 2.45) is 5.73 Å². The Balaban J connectivity index is 1.89. The summed E-state index contributed by atoms with van der Waals surface area (Å²) in [5, 5.41) is 1.74. The van der Waals surface area contributed by atoms with Crippen LogP contribution in [0.25, 0.3) is 10.8 Å². The number of nitrogens with zero attached hydrogens (tertiary/aromatic N) is 2. The van der Waals surface area contributed by atoms with Gasteiger partial charge in [-0.05, 0) is 42.8 Å². The van der Waals surface area contributed by atoms with Crippen LogP contribution in [0.2, 0.25) is 0 Å². The van der Waals surface area contributed by atoms with Crippen molar-refractivity contribution in [1.82, 2.24) is 4.90 Å². The van der Waals surface area contributed by atoms with Crippen molar-refractivity contribution in [2.75, 3.05) is 31.1 Å². The second-order valence-corrected chi connectivity index (χ2v) is 6.50. The fourth-order valence-corrected chi connectivity index (χ4v) is 3.81. The van der Waals surface area contributed by atoms with E-state index in [1.54, 1.807) is 6.07 Å². The number of rotatable bonds is 3. The fraction of sp³-hybridized carbons (Fsp3) is 0.368. The molecule has 0 bridgehead atoms. The smallest absolute Gasteiger partial charge is 0.261 e. The minimum absolute atomic E-state index is 0.229. The lowest BCUT2D eigenvalue weighted by Gasteiger charge is -2.31. The van der Waals surface area contributed by atoms with E-state index in [4.69, 9.17) is 5.73 Å². The second kappa shape index (κ2) is 5.91. The van der Waals surface area contributed by atoms with Crippen molar-refractivity contribution in [3.63, 3.8) is 0 Å². The van der Waals surface area contributed by atoms with Gasteiger partial charge in [0.1, 0.15) is 0 Å². The minimum Gasteiger partial charge on any atom is -0.371 e. The van der Waals surface area contributed by atoms with Crippen LogP contribution in [0.4, 0.5) is 5.69 Å². The molecule has 2 aromatic rings. The maximum atomic E-state index is 12.9. The zero-order valence-corrected chi connectivity index (χ0v) is 13.6. The van der Waals surface area contributed by atoms with E-state index >= 15 is 0 Å². The lowest BCUT2D eigenvalue weighted by molar-refractivity contribution is 0.0615. The number of benzene rings is 2. The Morgan fingerprint density at radius 3 is 2.46 bits per heavy atom. The van der Waals surface area contributed by atoms with E-state index in [0.29, 0.717) is 11.1 Å². The standard InChI is InChI=1S/C19H21N3O2/c20-7-10-22-18(23)15-6-4-5-13-11-14(21-8-2-1-3-9-21)12-16(17(13)15)19(22)24/h4-6,11-12H,1-3,7-10,20H2. The van der Waals surface area contributed by atoms with Crippen molar-refractivity contribution in [3.05, 3.63) is 41.5 Å². The predicted molar refractivity (Wildman–Crippen MR) is 94.4 cm³/mol. The Morgan fingerprint density at radius 2 is 1.71 bits per heavy atom. The fourth-order valence-electron chi connectivity index (χ4n) is 3.81. The number of hydrogen-bond donors (Lipinski definition) is 1. The minimum atomic E-state index is -0.241. The maximum absolute atomic E-state index is 12.9. The van der Waals surface area contributed by atoms with Crippen molar-refractivity contribution in [2.45, 2.75) is 19.3 Å². The number of piperidine rings is 1. The molecule has 0 saturated carbocycles. The highest BCUT2D eigenvalue weighted by Gasteiger charge is 2.33. The van der Waals surface area contributed by atoms with Gasteiger partial charge in [-0.1, -0.05) is 12.1 Å². The van der Waals surface area contributed by atoms with Crippen LogP contribution in [0.5, 0.6) is 0 Å². The van der Waals surface area contributed by atoms with Gasteiger partial charge in [-0.3, -0.25) is 14.5 Å². The molecule has 0 aromatic heterocycles. The molecule has 2 heterocycles. The van der Waals surface area contributed by atoms with Crippen LogP contribution in [0.15, 0.2) is 30.3 Å². The number of anilines is 1. The highest BCUT2D eigenvalue weighted by atomic mass is 16.2. The predicted octanol–water partition coefficient (Wildman–Crippen LogP) is 2.38. The second-order valence-electron chi connectivity index (χ2n) is 6.50. The van der Waals surface area contributed by atoms with Crippen LogP contribution < -0.4 is 10.6 Å². The van der Waals surface area contributed by atoms with E-state index in [1.807, 2.05) is 18.2 Å². The summed E-state index contributed by atoms with van der Waals surface area (Å²) in [6.07, 6.45) is 3.62. The zero-order valence-electron chi connectivity index (χ0n) is 13.6. The molecule has 0 aliphatic carbocycles. The largest absolute Gasteiger partial charge is 0.371 e. The number of carbonyl (C=O) groups is 2. The summed E-state index contributed by atoms with van der Waals surface area (Å²) in [6, 6.07) is 9.72. The lowest BCUT2D eigenvalue weighted by Crippen LogP contribution is -2.43. The zero-order chi connectivity index (χ0) is 16.7. The van der Waals surface area contributed by atoms with E-state index in [-0.39, 0.29) is 24.9 Å². The molecule has 1 fully saturated rings. The van der Waals surface area contributed by atoms with E-state index < -0.39 is 0 Å². The van der Waals surface area contributed by atoms with Gasteiger partial charge in [-0.2, -0.15) is 0 Å². The molecule has 124 valence electrons. The van der Waals surface area contributed by atoms with Gasteiger partial charge in [-0.25, -0.2) is 0 Å². The first-order chi connectivity index (χ1) is 11.7. The SMILES string of the molecule is NCCN1C(=O)c2cccc3cc(N4CCCCC4)cc(c23)C1=O. The van der Waals surface area contributed by atoms with E-state index in [2.05, 4.69) is 11.0 Å². The third kappa shape index (κ3) is 2.27. The van der Waals surface area contributed by atoms with Gasteiger partial charge >= 0.3 is 0 Å². The van der Waals surface area contributed by atoms with Crippen molar-refractivity contribution >= 4 is 28.3 Å². The highest BCUT2D eigenvalue weighted by Crippen LogP contribution is 2.34. The van der Waals surface area contributed by atoms with Gasteiger partial charge < -0.3 is 10.6 Å². The molecule has 5 heteroatoms. The van der Waals surface area contributed by atoms with E-state index in [1.165, 1.54) is 24.2 Å². The molecule has 5 nitrogen and oxygen atoms in total. The first kappa shape index (κ1) is 15.1. The van der Waals surface area contributed by atoms with E-state index in [0.717, 1.165) is 29.5 Å². The Morgan fingerprint density at radius 1 is 0.958 bits per heavy atom. The molecule has 2 N–H and O–H groups in total. The van der Waals surface area contributed by atoms with Crippen molar-refractivity contribution in [3.8, 4) is 0 Å². The lowest BCUT2D eigenvalue weighted by atomic mass is 9.93. The van der Waals surface area contributed by atoms with Gasteiger partial charge in [0.05, 0.1) is 5.56 Å². The highest BCUT2D eigenvalue weighted by molar-refractivity contribution is 6.26. The van der Waals surface area contributed by atoms with Crippen LogP contribution in [0, 0.1) is 0 Å². The Labute approximate surface area is 141 Å². The van der Waals surface area contributed by atoms with Gasteiger partial charge in [0.15, 0.2) is 0 Å². The molecule has 0 atom stereocenters. The third-order valence-electron chi connectivity index (χ3n) is 4.99. The summed E-state index contributed by atoms with van der Waals surface area (Å²) in [7, 11) is 0. The summed E-state index contributed by atoms with van der Waals surface area (Å²) in [6.45, 7) is 2.56. The quantitative estimate of drug-likeness (QED) is 0.881. The molecule has 0 radical (unpaired) electrons. The number of hydrogen-bond acceptors (Lipinski definition) is 4. The Bertz CT molecular complexity index is 825. The normalized spacial score (nSPS) is 17.7. The van der Waals surface area contributed by atoms with Gasteiger partial charge in [0.2, 0.25) is 0 Å². The van der Waals surface area contributed by atoms with Crippen LogP contribution >= 0.6 is 0 Å². The molecular formula is C19H21N3O2. The van der Waals surface area contributed by atoms with Crippen LogP contribution in [0.3, 0.4) is 0 Å². The molecular weight excluding hydrogens is 302 g/mol. The van der Waals surface area contributed by atoms with Crippen LogP contribution in [-0.4, -0.2) is 42.9 Å². The van der Waals surface area contributed by atoms with Crippen molar-refractivity contribution in [1.29, 1.82) is 0 Å². The molecule has 1 saturated heterocycles. The Kier molecular flexibility index (Phi) is 3.73. The maximum Gasteiger partial charge on any atom is 0.261 e. The van der Waals surface area contributed by atoms with Gasteiger partial charge in [0, 0.05) is 42.8 Å². The summed E-state index contributed by atoms with van der Waals surface area (Å²) >= 11 is 0. The summed E-state index contributed by atoms with van der Waals surface area (Å²) in [5.41, 5.74) is 7.89. The molecule has 2 aromatic carbocycles. The monoisotopic (exact) mass is 323 g/mol. The number of carbonyl (C=O) groups excluding carboxylic acids is 2. The number of nitrogens with two attached hydrogens (primary N) is 1. The van der Waals surface area contributed by atoms with Gasteiger partial charge in [0.25, 0.3) is 11.8 Å². The first-order valence-corrected chi connectivity index (χ1v) is 8.58. The third-order valence-corrected chi connectivity index (χ3v) is 4.99. The summed E-state index contributed by atoms with van der Waals surface area (Å²) in [4.78, 5) is 29.1. The molecule has 0 unspecified atom stereocenters.